The lowest BCUT2D eigenvalue weighted by Crippen LogP contribution is -2.31. The Morgan fingerprint density at radius 3 is 1.83 bits per heavy atom. The van der Waals surface area contributed by atoms with Crippen LogP contribution in [-0.2, 0) is 7.05 Å². The molecule has 1 aromatic heterocycles. The van der Waals surface area contributed by atoms with Crippen LogP contribution in [0.3, 0.4) is 0 Å². The number of benzene rings is 3. The monoisotopic (exact) mass is 469 g/mol. The number of carbonyl (C=O) groups is 3. The lowest BCUT2D eigenvalue weighted by atomic mass is 9.95. The minimum atomic E-state index is -1.36. The number of amides is 1. The predicted octanol–water partition coefficient (Wildman–Crippen LogP) is 3.76. The van der Waals surface area contributed by atoms with Crippen molar-refractivity contribution in [2.45, 2.75) is 0 Å². The molecule has 3 N–H and O–H groups in total. The maximum Gasteiger partial charge on any atom is 0.335 e. The van der Waals surface area contributed by atoms with Crippen LogP contribution in [0.15, 0.2) is 83.7 Å². The second-order valence-electron chi connectivity index (χ2n) is 7.62. The number of aryl methyl sites for hydroxylation is 1. The van der Waals surface area contributed by atoms with E-state index in [2.05, 4.69) is 10.4 Å². The average molecular weight is 469 g/mol. The van der Waals surface area contributed by atoms with Crippen LogP contribution in [0.2, 0.25) is 0 Å². The molecule has 4 rings (SSSR count). The Bertz CT molecular complexity index is 1480. The third-order valence-corrected chi connectivity index (χ3v) is 5.27. The summed E-state index contributed by atoms with van der Waals surface area (Å²) in [5.74, 6) is -3.55. The Hall–Kier alpha value is -5.05. The first kappa shape index (κ1) is 23.1. The van der Waals surface area contributed by atoms with Gasteiger partial charge in [-0.3, -0.25) is 9.59 Å². The molecule has 3 aromatic carbocycles. The fourth-order valence-electron chi connectivity index (χ4n) is 3.67. The standard InChI is InChI=1S/C26H19N3O6/c1-29-24(31)21(23(30)27-19-13-17(25(32)33)12-18(14-19)26(34)35)20(15-8-4-2-5-9-15)22(28-29)16-10-6-3-7-11-16/h2-14H,1H3,(H,27,30)(H,32,33)(H,34,35). The minimum absolute atomic E-state index is 0.0774. The van der Waals surface area contributed by atoms with Gasteiger partial charge in [-0.15, -0.1) is 0 Å². The number of nitrogens with zero attached hydrogens (tertiary/aromatic N) is 2. The summed E-state index contributed by atoms with van der Waals surface area (Å²) in [6.07, 6.45) is 0. The predicted molar refractivity (Wildman–Crippen MR) is 129 cm³/mol. The van der Waals surface area contributed by atoms with E-state index in [0.717, 1.165) is 22.9 Å². The van der Waals surface area contributed by atoms with Crippen molar-refractivity contribution in [1.82, 2.24) is 9.78 Å². The highest BCUT2D eigenvalue weighted by Gasteiger charge is 2.25. The summed E-state index contributed by atoms with van der Waals surface area (Å²) in [7, 11) is 1.42. The highest BCUT2D eigenvalue weighted by Crippen LogP contribution is 2.32. The van der Waals surface area contributed by atoms with Gasteiger partial charge in [-0.1, -0.05) is 60.7 Å². The molecule has 1 heterocycles. The molecule has 0 unspecified atom stereocenters. The van der Waals surface area contributed by atoms with Gasteiger partial charge in [-0.25, -0.2) is 14.3 Å². The number of carboxylic acid groups (broad SMARTS) is 2. The summed E-state index contributed by atoms with van der Waals surface area (Å²) in [5.41, 5.74) is 0.335. The van der Waals surface area contributed by atoms with Crippen LogP contribution in [0.25, 0.3) is 22.4 Å². The molecule has 0 bridgehead atoms. The zero-order valence-corrected chi connectivity index (χ0v) is 18.4. The number of carboxylic acids is 2. The van der Waals surface area contributed by atoms with E-state index in [1.807, 2.05) is 18.2 Å². The number of rotatable bonds is 6. The van der Waals surface area contributed by atoms with Gasteiger partial charge < -0.3 is 15.5 Å². The summed E-state index contributed by atoms with van der Waals surface area (Å²) in [4.78, 5) is 49.6. The Morgan fingerprint density at radius 2 is 1.31 bits per heavy atom. The molecule has 0 saturated heterocycles. The topological polar surface area (TPSA) is 139 Å². The molecule has 35 heavy (non-hydrogen) atoms. The number of aromatic nitrogens is 2. The van der Waals surface area contributed by atoms with Crippen molar-refractivity contribution in [3.05, 3.63) is 106 Å². The van der Waals surface area contributed by atoms with Gasteiger partial charge in [0.2, 0.25) is 0 Å². The van der Waals surface area contributed by atoms with Crippen LogP contribution < -0.4 is 10.9 Å². The smallest absolute Gasteiger partial charge is 0.335 e. The number of aromatic carboxylic acids is 2. The first-order chi connectivity index (χ1) is 16.8. The first-order valence-electron chi connectivity index (χ1n) is 10.4. The molecule has 0 spiro atoms. The van der Waals surface area contributed by atoms with Gasteiger partial charge in [0, 0.05) is 23.9 Å². The summed E-state index contributed by atoms with van der Waals surface area (Å²) in [6.45, 7) is 0. The van der Waals surface area contributed by atoms with E-state index in [4.69, 9.17) is 0 Å². The summed E-state index contributed by atoms with van der Waals surface area (Å²) >= 11 is 0. The molecule has 0 aliphatic rings. The van der Waals surface area contributed by atoms with Crippen LogP contribution in [0.1, 0.15) is 31.1 Å². The zero-order chi connectivity index (χ0) is 25.1. The van der Waals surface area contributed by atoms with Gasteiger partial charge in [0.05, 0.1) is 16.8 Å². The van der Waals surface area contributed by atoms with Crippen molar-refractivity contribution in [2.75, 3.05) is 5.32 Å². The summed E-state index contributed by atoms with van der Waals surface area (Å²) in [6, 6.07) is 21.1. The molecule has 0 atom stereocenters. The van der Waals surface area contributed by atoms with Gasteiger partial charge in [-0.2, -0.15) is 5.10 Å². The molecular formula is C26H19N3O6. The van der Waals surface area contributed by atoms with Gasteiger partial charge in [0.1, 0.15) is 5.56 Å². The van der Waals surface area contributed by atoms with E-state index in [0.29, 0.717) is 22.4 Å². The molecule has 0 aliphatic heterocycles. The van der Waals surface area contributed by atoms with E-state index >= 15 is 0 Å². The highest BCUT2D eigenvalue weighted by molar-refractivity contribution is 6.11. The fourth-order valence-corrected chi connectivity index (χ4v) is 3.67. The van der Waals surface area contributed by atoms with Crippen LogP contribution in [0.5, 0.6) is 0 Å². The van der Waals surface area contributed by atoms with Crippen molar-refractivity contribution >= 4 is 23.5 Å². The Morgan fingerprint density at radius 1 is 0.800 bits per heavy atom. The van der Waals surface area contributed by atoms with Gasteiger partial charge in [0.15, 0.2) is 0 Å². The molecule has 9 heteroatoms. The van der Waals surface area contributed by atoms with E-state index in [9.17, 15) is 29.4 Å². The maximum absolute atomic E-state index is 13.5. The van der Waals surface area contributed by atoms with Gasteiger partial charge >= 0.3 is 11.9 Å². The molecule has 174 valence electrons. The van der Waals surface area contributed by atoms with E-state index in [1.54, 1.807) is 42.5 Å². The van der Waals surface area contributed by atoms with Crippen molar-refractivity contribution in [3.8, 4) is 22.4 Å². The second-order valence-corrected chi connectivity index (χ2v) is 7.62. The second kappa shape index (κ2) is 9.44. The Labute approximate surface area is 198 Å². The number of hydrogen-bond donors (Lipinski definition) is 3. The first-order valence-corrected chi connectivity index (χ1v) is 10.4. The van der Waals surface area contributed by atoms with Crippen LogP contribution in [-0.4, -0.2) is 37.8 Å². The largest absolute Gasteiger partial charge is 0.478 e. The molecule has 0 aliphatic carbocycles. The molecule has 1 amide bonds. The van der Waals surface area contributed by atoms with Gasteiger partial charge in [0.25, 0.3) is 11.5 Å². The summed E-state index contributed by atoms with van der Waals surface area (Å²) < 4.78 is 1.06. The van der Waals surface area contributed by atoms with Crippen LogP contribution >= 0.6 is 0 Å². The normalized spacial score (nSPS) is 10.5. The highest BCUT2D eigenvalue weighted by atomic mass is 16.4. The van der Waals surface area contributed by atoms with Crippen LogP contribution in [0.4, 0.5) is 5.69 Å². The SMILES string of the molecule is Cn1nc(-c2ccccc2)c(-c2ccccc2)c(C(=O)Nc2cc(C(=O)O)cc(C(=O)O)c2)c1=O. The summed E-state index contributed by atoms with van der Waals surface area (Å²) in [5, 5.41) is 25.6. The quantitative estimate of drug-likeness (QED) is 0.391. The van der Waals surface area contributed by atoms with Crippen molar-refractivity contribution in [1.29, 1.82) is 0 Å². The number of carbonyl (C=O) groups excluding carboxylic acids is 1. The lowest BCUT2D eigenvalue weighted by Gasteiger charge is -2.16. The molecule has 0 radical (unpaired) electrons. The molecule has 0 fully saturated rings. The van der Waals surface area contributed by atoms with Crippen molar-refractivity contribution < 1.29 is 24.6 Å². The molecular weight excluding hydrogens is 450 g/mol. The lowest BCUT2D eigenvalue weighted by molar-refractivity contribution is 0.0696. The number of hydrogen-bond acceptors (Lipinski definition) is 5. The third kappa shape index (κ3) is 4.69. The molecule has 0 saturated carbocycles. The fraction of sp³-hybridized carbons (Fsp3) is 0.0385. The van der Waals surface area contributed by atoms with E-state index in [1.165, 1.54) is 7.05 Å². The zero-order valence-electron chi connectivity index (χ0n) is 18.4. The maximum atomic E-state index is 13.5. The number of anilines is 1. The van der Waals surface area contributed by atoms with Crippen LogP contribution in [0, 0.1) is 0 Å². The van der Waals surface area contributed by atoms with Crippen molar-refractivity contribution in [2.24, 2.45) is 7.05 Å². The van der Waals surface area contributed by atoms with Gasteiger partial charge in [-0.05, 0) is 23.8 Å². The average Bonchev–Trinajstić information content (AvgIpc) is 2.86. The van der Waals surface area contributed by atoms with Crippen molar-refractivity contribution in [3.63, 3.8) is 0 Å². The Balaban J connectivity index is 1.93. The minimum Gasteiger partial charge on any atom is -0.478 e. The Kier molecular flexibility index (Phi) is 6.23. The number of nitrogens with one attached hydrogen (secondary N) is 1. The van der Waals surface area contributed by atoms with E-state index in [-0.39, 0.29) is 22.4 Å². The molecule has 9 nitrogen and oxygen atoms in total. The third-order valence-electron chi connectivity index (χ3n) is 5.27. The van der Waals surface area contributed by atoms with E-state index < -0.39 is 23.4 Å². The molecule has 4 aromatic rings.